The largest absolute Gasteiger partial charge is 0.375 e. The third-order valence-electron chi connectivity index (χ3n) is 3.97. The highest BCUT2D eigenvalue weighted by atomic mass is 32.2. The van der Waals surface area contributed by atoms with Crippen LogP contribution in [0.4, 0.5) is 0 Å². The lowest BCUT2D eigenvalue weighted by molar-refractivity contribution is -0.0586. The molecule has 1 aliphatic heterocycles. The van der Waals surface area contributed by atoms with Gasteiger partial charge in [0.2, 0.25) is 10.0 Å². The molecule has 2 fully saturated rings. The Balaban J connectivity index is 1.91. The Hall–Kier alpha value is -0.920. The molecule has 7 heteroatoms. The Morgan fingerprint density at radius 3 is 2.89 bits per heavy atom. The summed E-state index contributed by atoms with van der Waals surface area (Å²) in [7, 11) is -1.72. The zero-order valence-corrected chi connectivity index (χ0v) is 11.8. The summed E-state index contributed by atoms with van der Waals surface area (Å²) in [5.41, 5.74) is 0. The number of nitrogens with zero attached hydrogens (tertiary/aromatic N) is 3. The first-order valence-electron chi connectivity index (χ1n) is 6.71. The molecular formula is C12H19N3O3S. The van der Waals surface area contributed by atoms with E-state index in [9.17, 15) is 8.42 Å². The summed E-state index contributed by atoms with van der Waals surface area (Å²) >= 11 is 0. The van der Waals surface area contributed by atoms with Crippen LogP contribution in [-0.4, -0.2) is 47.8 Å². The maximum absolute atomic E-state index is 12.7. The molecule has 106 valence electrons. The molecule has 2 atom stereocenters. The smallest absolute Gasteiger partial charge is 0.246 e. The van der Waals surface area contributed by atoms with Crippen LogP contribution in [0.1, 0.15) is 25.7 Å². The van der Waals surface area contributed by atoms with E-state index in [2.05, 4.69) is 5.10 Å². The van der Waals surface area contributed by atoms with Crippen molar-refractivity contribution in [3.05, 3.63) is 12.4 Å². The van der Waals surface area contributed by atoms with E-state index in [1.165, 1.54) is 10.9 Å². The van der Waals surface area contributed by atoms with Crippen molar-refractivity contribution in [3.8, 4) is 0 Å². The van der Waals surface area contributed by atoms with Crippen LogP contribution < -0.4 is 0 Å². The molecule has 1 saturated heterocycles. The minimum absolute atomic E-state index is 0.00675. The summed E-state index contributed by atoms with van der Waals surface area (Å²) < 4.78 is 34.2. The lowest BCUT2D eigenvalue weighted by Crippen LogP contribution is -2.54. The molecule has 1 aromatic rings. The molecular weight excluding hydrogens is 266 g/mol. The van der Waals surface area contributed by atoms with Gasteiger partial charge in [0.25, 0.3) is 0 Å². The molecule has 0 radical (unpaired) electrons. The van der Waals surface area contributed by atoms with E-state index in [-0.39, 0.29) is 17.0 Å². The van der Waals surface area contributed by atoms with E-state index in [4.69, 9.17) is 4.74 Å². The number of morpholine rings is 1. The third-order valence-corrected chi connectivity index (χ3v) is 5.85. The van der Waals surface area contributed by atoms with Crippen molar-refractivity contribution in [3.63, 3.8) is 0 Å². The van der Waals surface area contributed by atoms with Crippen molar-refractivity contribution in [2.24, 2.45) is 7.05 Å². The number of ether oxygens (including phenoxy) is 1. The van der Waals surface area contributed by atoms with Gasteiger partial charge in [-0.1, -0.05) is 12.8 Å². The average Bonchev–Trinajstić information content (AvgIpc) is 2.85. The summed E-state index contributed by atoms with van der Waals surface area (Å²) in [5, 5.41) is 3.96. The number of rotatable bonds is 2. The van der Waals surface area contributed by atoms with Crippen molar-refractivity contribution in [2.45, 2.75) is 42.7 Å². The van der Waals surface area contributed by atoms with E-state index in [0.717, 1.165) is 25.7 Å². The van der Waals surface area contributed by atoms with Crippen molar-refractivity contribution in [2.75, 3.05) is 13.2 Å². The molecule has 0 bridgehead atoms. The van der Waals surface area contributed by atoms with Gasteiger partial charge in [-0.25, -0.2) is 8.42 Å². The third kappa shape index (κ3) is 2.30. The Morgan fingerprint density at radius 2 is 2.16 bits per heavy atom. The number of sulfonamides is 1. The molecule has 6 nitrogen and oxygen atoms in total. The van der Waals surface area contributed by atoms with E-state index < -0.39 is 10.0 Å². The molecule has 0 aromatic carbocycles. The Labute approximate surface area is 113 Å². The van der Waals surface area contributed by atoms with E-state index >= 15 is 0 Å². The summed E-state index contributed by atoms with van der Waals surface area (Å²) in [5.74, 6) is 0. The van der Waals surface area contributed by atoms with Gasteiger partial charge in [-0.15, -0.1) is 0 Å². The predicted octanol–water partition coefficient (Wildman–Crippen LogP) is 0.752. The van der Waals surface area contributed by atoms with Crippen LogP contribution in [0.25, 0.3) is 0 Å². The average molecular weight is 285 g/mol. The predicted molar refractivity (Wildman–Crippen MR) is 69.1 cm³/mol. The normalized spacial score (nSPS) is 29.1. The first-order chi connectivity index (χ1) is 9.09. The zero-order chi connectivity index (χ0) is 13.5. The lowest BCUT2D eigenvalue weighted by atomic mass is 9.91. The highest BCUT2D eigenvalue weighted by Crippen LogP contribution is 2.32. The van der Waals surface area contributed by atoms with Gasteiger partial charge in [-0.2, -0.15) is 9.40 Å². The Bertz CT molecular complexity index is 552. The molecule has 19 heavy (non-hydrogen) atoms. The Morgan fingerprint density at radius 1 is 1.37 bits per heavy atom. The van der Waals surface area contributed by atoms with Gasteiger partial charge in [-0.3, -0.25) is 4.68 Å². The molecule has 2 heterocycles. The van der Waals surface area contributed by atoms with Crippen LogP contribution in [0.15, 0.2) is 17.3 Å². The minimum atomic E-state index is -3.44. The van der Waals surface area contributed by atoms with E-state index in [1.807, 2.05) is 0 Å². The van der Waals surface area contributed by atoms with Gasteiger partial charge < -0.3 is 4.74 Å². The van der Waals surface area contributed by atoms with Crippen LogP contribution >= 0.6 is 0 Å². The van der Waals surface area contributed by atoms with Crippen LogP contribution in [0.5, 0.6) is 0 Å². The van der Waals surface area contributed by atoms with Crippen molar-refractivity contribution < 1.29 is 13.2 Å². The minimum Gasteiger partial charge on any atom is -0.375 e. The zero-order valence-electron chi connectivity index (χ0n) is 11.0. The maximum Gasteiger partial charge on any atom is 0.246 e. The van der Waals surface area contributed by atoms with Gasteiger partial charge >= 0.3 is 0 Å². The number of aromatic nitrogens is 2. The molecule has 0 spiro atoms. The molecule has 0 N–H and O–H groups in total. The van der Waals surface area contributed by atoms with Gasteiger partial charge in [0.15, 0.2) is 0 Å². The van der Waals surface area contributed by atoms with E-state index in [0.29, 0.717) is 13.2 Å². The van der Waals surface area contributed by atoms with Crippen molar-refractivity contribution in [1.82, 2.24) is 14.1 Å². The summed E-state index contributed by atoms with van der Waals surface area (Å²) in [6.45, 7) is 0.930. The highest BCUT2D eigenvalue weighted by molar-refractivity contribution is 7.89. The van der Waals surface area contributed by atoms with Crippen molar-refractivity contribution in [1.29, 1.82) is 0 Å². The van der Waals surface area contributed by atoms with Crippen LogP contribution in [0, 0.1) is 0 Å². The number of aryl methyl sites for hydroxylation is 1. The highest BCUT2D eigenvalue weighted by Gasteiger charge is 2.41. The molecule has 2 aliphatic rings. The second-order valence-corrected chi connectivity index (χ2v) is 7.12. The number of hydrogen-bond acceptors (Lipinski definition) is 4. The molecule has 3 rings (SSSR count). The quantitative estimate of drug-likeness (QED) is 0.804. The van der Waals surface area contributed by atoms with E-state index in [1.54, 1.807) is 17.5 Å². The second-order valence-electron chi connectivity index (χ2n) is 5.23. The summed E-state index contributed by atoms with van der Waals surface area (Å²) in [6, 6.07) is -0.00675. The fourth-order valence-corrected chi connectivity index (χ4v) is 4.68. The topological polar surface area (TPSA) is 64.4 Å². The molecule has 2 unspecified atom stereocenters. The molecule has 0 amide bonds. The van der Waals surface area contributed by atoms with Gasteiger partial charge in [0, 0.05) is 19.8 Å². The summed E-state index contributed by atoms with van der Waals surface area (Å²) in [4.78, 5) is 0.279. The fourth-order valence-electron chi connectivity index (χ4n) is 3.03. The monoisotopic (exact) mass is 285 g/mol. The maximum atomic E-state index is 12.7. The van der Waals surface area contributed by atoms with Crippen LogP contribution in [-0.2, 0) is 21.8 Å². The first kappa shape index (κ1) is 13.1. The lowest BCUT2D eigenvalue weighted by Gasteiger charge is -2.42. The van der Waals surface area contributed by atoms with Crippen LogP contribution in [0.2, 0.25) is 0 Å². The van der Waals surface area contributed by atoms with Gasteiger partial charge in [-0.05, 0) is 12.8 Å². The molecule has 1 aromatic heterocycles. The van der Waals surface area contributed by atoms with Gasteiger partial charge in [0.05, 0.1) is 24.9 Å². The van der Waals surface area contributed by atoms with Gasteiger partial charge in [0.1, 0.15) is 4.90 Å². The molecule has 1 aliphatic carbocycles. The SMILES string of the molecule is Cn1cc(S(=O)(=O)N2CCOC3CCCCC32)cn1. The van der Waals surface area contributed by atoms with Crippen LogP contribution in [0.3, 0.4) is 0 Å². The molecule has 1 saturated carbocycles. The second kappa shape index (κ2) is 4.88. The standard InChI is InChI=1S/C12H19N3O3S/c1-14-9-10(8-13-14)19(16,17)15-6-7-18-12-5-3-2-4-11(12)15/h8-9,11-12H,2-7H2,1H3. The summed E-state index contributed by atoms with van der Waals surface area (Å²) in [6.07, 6.45) is 7.10. The van der Waals surface area contributed by atoms with Crippen molar-refractivity contribution >= 4 is 10.0 Å². The fraction of sp³-hybridized carbons (Fsp3) is 0.750. The number of hydrogen-bond donors (Lipinski definition) is 0. The first-order valence-corrected chi connectivity index (χ1v) is 8.15. The Kier molecular flexibility index (Phi) is 3.36. The number of fused-ring (bicyclic) bond motifs is 1.